The number of anilines is 1. The van der Waals surface area contributed by atoms with E-state index in [2.05, 4.69) is 33.3 Å². The summed E-state index contributed by atoms with van der Waals surface area (Å²) in [5.41, 5.74) is 4.46. The Morgan fingerprint density at radius 1 is 1.12 bits per heavy atom. The minimum atomic E-state index is -0.0293. The maximum atomic E-state index is 12.0. The topological polar surface area (TPSA) is 98.1 Å². The molecule has 0 N–H and O–H groups in total. The number of ether oxygens (including phenoxy) is 2. The molecule has 4 aliphatic heterocycles. The molecule has 0 bridgehead atoms. The van der Waals surface area contributed by atoms with Crippen molar-refractivity contribution in [1.82, 2.24) is 24.7 Å². The minimum Gasteiger partial charge on any atom is -0.493 e. The van der Waals surface area contributed by atoms with E-state index in [1.807, 2.05) is 17.0 Å². The molecule has 11 heteroatoms. The van der Waals surface area contributed by atoms with E-state index in [0.717, 1.165) is 65.9 Å². The summed E-state index contributed by atoms with van der Waals surface area (Å²) in [5, 5.41) is 8.10. The summed E-state index contributed by atoms with van der Waals surface area (Å²) < 4.78 is 11.3. The SMILES string of the molecule is C=CC(=O)N1CCN(c2nc(OC)nc3c2CN(Cc2c(Cl)ccc4c2CCCO4)C3)CC1.CC#N.CN1CCCC1. The standard InChI is InChI=1S/C24H28ClN5O3.C5H11N.C2H3N/c1-3-22(31)29-8-10-30(11-9-29)23-18-14-28(15-20(18)26-24(27-23)32-2)13-17-16-5-4-12-33-21(16)7-6-19(17)25;1-6-4-2-3-5-6;1-2-3/h3,6-7H,1,4-5,8-15H2,2H3;2-5H2,1H3;1H3. The van der Waals surface area contributed by atoms with Crippen LogP contribution in [-0.2, 0) is 30.8 Å². The molecule has 0 spiro atoms. The fraction of sp³-hybridized carbons (Fsp3) is 0.548. The highest BCUT2D eigenvalue weighted by molar-refractivity contribution is 6.31. The van der Waals surface area contributed by atoms with Crippen LogP contribution in [0.15, 0.2) is 24.8 Å². The lowest BCUT2D eigenvalue weighted by atomic mass is 9.99. The number of carbonyl (C=O) groups excluding carboxylic acids is 1. The van der Waals surface area contributed by atoms with E-state index in [1.165, 1.54) is 44.5 Å². The highest BCUT2D eigenvalue weighted by Gasteiger charge is 2.31. The van der Waals surface area contributed by atoms with Crippen LogP contribution in [-0.4, -0.2) is 90.6 Å². The third-order valence-electron chi connectivity index (χ3n) is 7.92. The lowest BCUT2D eigenvalue weighted by Crippen LogP contribution is -2.48. The van der Waals surface area contributed by atoms with Crippen LogP contribution in [0, 0.1) is 11.3 Å². The van der Waals surface area contributed by atoms with Crippen LogP contribution >= 0.6 is 11.6 Å². The number of nitrogens with zero attached hydrogens (tertiary/aromatic N) is 7. The molecule has 2 aromatic rings. The smallest absolute Gasteiger partial charge is 0.318 e. The number of piperazine rings is 1. The van der Waals surface area contributed by atoms with Crippen LogP contribution < -0.4 is 14.4 Å². The Kier molecular flexibility index (Phi) is 11.4. The Morgan fingerprint density at radius 2 is 1.83 bits per heavy atom. The van der Waals surface area contributed by atoms with Crippen molar-refractivity contribution < 1.29 is 14.3 Å². The van der Waals surface area contributed by atoms with Gasteiger partial charge in [-0.05, 0) is 69.6 Å². The van der Waals surface area contributed by atoms with Gasteiger partial charge >= 0.3 is 6.01 Å². The molecular weight excluding hydrogens is 554 g/mol. The lowest BCUT2D eigenvalue weighted by molar-refractivity contribution is -0.126. The molecule has 0 radical (unpaired) electrons. The second kappa shape index (κ2) is 15.2. The van der Waals surface area contributed by atoms with E-state index in [9.17, 15) is 4.79 Å². The second-order valence-corrected chi connectivity index (χ2v) is 11.2. The average molecular weight is 596 g/mol. The van der Waals surface area contributed by atoms with Crippen molar-refractivity contribution in [3.8, 4) is 17.8 Å². The number of nitriles is 1. The molecule has 0 aliphatic carbocycles. The molecule has 6 rings (SSSR count). The predicted molar refractivity (Wildman–Crippen MR) is 164 cm³/mol. The molecule has 1 aromatic heterocycles. The van der Waals surface area contributed by atoms with Crippen molar-refractivity contribution >= 4 is 23.3 Å². The van der Waals surface area contributed by atoms with Crippen molar-refractivity contribution in [3.05, 3.63) is 52.2 Å². The van der Waals surface area contributed by atoms with Gasteiger partial charge in [0.25, 0.3) is 0 Å². The molecule has 5 heterocycles. The normalized spacial score (nSPS) is 17.9. The number of likely N-dealkylation sites (tertiary alicyclic amines) is 1. The number of carbonyl (C=O) groups is 1. The molecule has 2 fully saturated rings. The molecule has 42 heavy (non-hydrogen) atoms. The zero-order valence-corrected chi connectivity index (χ0v) is 25.8. The molecule has 1 amide bonds. The molecular formula is C31H42ClN7O3. The van der Waals surface area contributed by atoms with Crippen molar-refractivity contribution in [1.29, 1.82) is 5.26 Å². The van der Waals surface area contributed by atoms with E-state index in [0.29, 0.717) is 38.7 Å². The van der Waals surface area contributed by atoms with Gasteiger partial charge in [0.2, 0.25) is 5.91 Å². The van der Waals surface area contributed by atoms with Crippen LogP contribution in [0.1, 0.15) is 48.6 Å². The summed E-state index contributed by atoms with van der Waals surface area (Å²) in [5.74, 6) is 1.82. The number of benzene rings is 1. The fourth-order valence-corrected chi connectivity index (χ4v) is 6.00. The molecule has 226 valence electrons. The number of amides is 1. The van der Waals surface area contributed by atoms with Gasteiger partial charge < -0.3 is 24.2 Å². The zero-order valence-electron chi connectivity index (χ0n) is 25.1. The third-order valence-corrected chi connectivity index (χ3v) is 8.28. The Labute approximate surface area is 254 Å². The number of rotatable bonds is 5. The third kappa shape index (κ3) is 7.71. The predicted octanol–water partition coefficient (Wildman–Crippen LogP) is 4.06. The largest absolute Gasteiger partial charge is 0.493 e. The summed E-state index contributed by atoms with van der Waals surface area (Å²) >= 11 is 6.63. The van der Waals surface area contributed by atoms with Gasteiger partial charge in [0, 0.05) is 68.9 Å². The summed E-state index contributed by atoms with van der Waals surface area (Å²) in [4.78, 5) is 30.1. The summed E-state index contributed by atoms with van der Waals surface area (Å²) in [6.07, 6.45) is 6.19. The maximum Gasteiger partial charge on any atom is 0.318 e. The van der Waals surface area contributed by atoms with E-state index in [-0.39, 0.29) is 5.91 Å². The van der Waals surface area contributed by atoms with Crippen LogP contribution in [0.4, 0.5) is 5.82 Å². The second-order valence-electron chi connectivity index (χ2n) is 10.8. The first-order chi connectivity index (χ1) is 20.4. The Morgan fingerprint density at radius 3 is 2.45 bits per heavy atom. The highest BCUT2D eigenvalue weighted by Crippen LogP contribution is 2.37. The van der Waals surface area contributed by atoms with Crippen molar-refractivity contribution in [3.63, 3.8) is 0 Å². The summed E-state index contributed by atoms with van der Waals surface area (Å²) in [6, 6.07) is 6.03. The van der Waals surface area contributed by atoms with Gasteiger partial charge in [0.15, 0.2) is 0 Å². The van der Waals surface area contributed by atoms with Gasteiger partial charge in [-0.3, -0.25) is 9.69 Å². The fourth-order valence-electron chi connectivity index (χ4n) is 5.76. The monoisotopic (exact) mass is 595 g/mol. The van der Waals surface area contributed by atoms with Crippen molar-refractivity contribution in [2.75, 3.05) is 64.9 Å². The van der Waals surface area contributed by atoms with Gasteiger partial charge in [0.1, 0.15) is 11.6 Å². The van der Waals surface area contributed by atoms with Crippen LogP contribution in [0.5, 0.6) is 11.8 Å². The first-order valence-electron chi connectivity index (χ1n) is 14.6. The quantitative estimate of drug-likeness (QED) is 0.474. The number of methoxy groups -OCH3 is 1. The van der Waals surface area contributed by atoms with Gasteiger partial charge in [0.05, 0.1) is 25.5 Å². The molecule has 0 unspecified atom stereocenters. The number of hydrogen-bond donors (Lipinski definition) is 0. The van der Waals surface area contributed by atoms with E-state index < -0.39 is 0 Å². The van der Waals surface area contributed by atoms with Crippen LogP contribution in [0.2, 0.25) is 5.02 Å². The minimum absolute atomic E-state index is 0.0293. The Balaban J connectivity index is 0.000000390. The van der Waals surface area contributed by atoms with Crippen LogP contribution in [0.3, 0.4) is 0 Å². The zero-order chi connectivity index (χ0) is 30.1. The van der Waals surface area contributed by atoms with Crippen LogP contribution in [0.25, 0.3) is 0 Å². The summed E-state index contributed by atoms with van der Waals surface area (Å²) in [6.45, 7) is 13.3. The molecule has 1 aromatic carbocycles. The number of halogens is 1. The highest BCUT2D eigenvalue weighted by atomic mass is 35.5. The Hall–Kier alpha value is -3.39. The van der Waals surface area contributed by atoms with Crippen molar-refractivity contribution in [2.45, 2.75) is 52.2 Å². The lowest BCUT2D eigenvalue weighted by Gasteiger charge is -2.35. The maximum absolute atomic E-state index is 12.0. The first kappa shape index (κ1) is 31.5. The molecule has 0 atom stereocenters. The average Bonchev–Trinajstić information content (AvgIpc) is 3.67. The first-order valence-corrected chi connectivity index (χ1v) is 15.0. The molecule has 10 nitrogen and oxygen atoms in total. The summed E-state index contributed by atoms with van der Waals surface area (Å²) in [7, 11) is 3.77. The van der Waals surface area contributed by atoms with Crippen molar-refractivity contribution in [2.24, 2.45) is 0 Å². The number of aromatic nitrogens is 2. The van der Waals surface area contributed by atoms with Gasteiger partial charge in [-0.15, -0.1) is 0 Å². The molecule has 2 saturated heterocycles. The van der Waals surface area contributed by atoms with E-state index >= 15 is 0 Å². The van der Waals surface area contributed by atoms with E-state index in [1.54, 1.807) is 13.2 Å². The van der Waals surface area contributed by atoms with Gasteiger partial charge in [-0.25, -0.2) is 0 Å². The Bertz CT molecular complexity index is 1280. The van der Waals surface area contributed by atoms with Gasteiger partial charge in [-0.1, -0.05) is 18.2 Å². The molecule has 0 saturated carbocycles. The number of hydrogen-bond acceptors (Lipinski definition) is 9. The van der Waals surface area contributed by atoms with E-state index in [4.69, 9.17) is 31.3 Å². The molecule has 4 aliphatic rings. The number of fused-ring (bicyclic) bond motifs is 2. The van der Waals surface area contributed by atoms with Gasteiger partial charge in [-0.2, -0.15) is 15.2 Å².